The Bertz CT molecular complexity index is 887. The molecule has 0 fully saturated rings. The number of carbonyl (C=O) groups is 1. The highest BCUT2D eigenvalue weighted by Gasteiger charge is 2.28. The normalized spacial score (nSPS) is 12.7. The maximum Gasteiger partial charge on any atom is 0.267 e. The fourth-order valence-corrected chi connectivity index (χ4v) is 3.63. The summed E-state index contributed by atoms with van der Waals surface area (Å²) in [7, 11) is 4.24. The number of halogens is 2. The number of nitrogens with zero attached hydrogens (tertiary/aromatic N) is 4. The summed E-state index contributed by atoms with van der Waals surface area (Å²) in [4.78, 5) is 13.2. The first kappa shape index (κ1) is 28.3. The first-order chi connectivity index (χ1) is 16.9. The van der Waals surface area contributed by atoms with Crippen molar-refractivity contribution in [2.24, 2.45) is 0 Å². The molecule has 2 rings (SSSR count). The molecule has 0 aliphatic carbocycles. The van der Waals surface area contributed by atoms with Crippen molar-refractivity contribution in [3.05, 3.63) is 18.0 Å². The number of tetrazole rings is 1. The first-order valence-electron chi connectivity index (χ1n) is 12.1. The van der Waals surface area contributed by atoms with Gasteiger partial charge in [-0.15, -0.1) is 15.0 Å². The van der Waals surface area contributed by atoms with Gasteiger partial charge < -0.3 is 19.5 Å². The predicted octanol–water partition coefficient (Wildman–Crippen LogP) is 5.74. The molecule has 9 nitrogen and oxygen atoms in total. The Morgan fingerprint density at radius 1 is 0.943 bits per heavy atom. The van der Waals surface area contributed by atoms with Gasteiger partial charge in [0.2, 0.25) is 18.3 Å². The molecule has 0 aliphatic heterocycles. The molecule has 35 heavy (non-hydrogen) atoms. The molecule has 196 valence electrons. The molecule has 2 unspecified atom stereocenters. The van der Waals surface area contributed by atoms with E-state index in [1.165, 1.54) is 65.6 Å². The van der Waals surface area contributed by atoms with Gasteiger partial charge in [-0.25, -0.2) is 8.78 Å². The van der Waals surface area contributed by atoms with Crippen molar-refractivity contribution in [3.63, 3.8) is 0 Å². The Morgan fingerprint density at radius 3 is 2.06 bits per heavy atom. The zero-order valence-electron chi connectivity index (χ0n) is 21.1. The third-order valence-corrected chi connectivity index (χ3v) is 5.66. The summed E-state index contributed by atoms with van der Waals surface area (Å²) in [5.74, 6) is -0.741. The maximum absolute atomic E-state index is 14.8. The number of hydrogen-bond acceptors (Lipinski definition) is 7. The number of amides is 1. The standard InChI is InChI=1S/C24H37F2N5O4/c1-5-6-7-8-9-10-11-12-13-14-20(25)31-29-23(28-30-31)21(26)24(32)27-22-18(34-3)15-17(33-2)16-19(22)35-4/h15-16,20-21H,5-14H2,1-4H3,(H,27,32). The van der Waals surface area contributed by atoms with Crippen LogP contribution in [-0.4, -0.2) is 47.4 Å². The van der Waals surface area contributed by atoms with Gasteiger partial charge >= 0.3 is 0 Å². The third kappa shape index (κ3) is 8.63. The first-order valence-corrected chi connectivity index (χ1v) is 12.1. The Balaban J connectivity index is 1.87. The van der Waals surface area contributed by atoms with Crippen LogP contribution in [0.3, 0.4) is 0 Å². The largest absolute Gasteiger partial charge is 0.496 e. The van der Waals surface area contributed by atoms with Gasteiger partial charge in [0.25, 0.3) is 5.91 Å². The zero-order chi connectivity index (χ0) is 25.6. The number of rotatable bonds is 17. The monoisotopic (exact) mass is 497 g/mol. The van der Waals surface area contributed by atoms with Crippen molar-refractivity contribution in [1.82, 2.24) is 20.2 Å². The molecule has 1 aromatic carbocycles. The average molecular weight is 498 g/mol. The van der Waals surface area contributed by atoms with Crippen molar-refractivity contribution < 1.29 is 27.8 Å². The van der Waals surface area contributed by atoms with Crippen LogP contribution >= 0.6 is 0 Å². The number of nitrogens with one attached hydrogen (secondary N) is 1. The summed E-state index contributed by atoms with van der Waals surface area (Å²) in [5.41, 5.74) is 0.115. The second-order valence-corrected chi connectivity index (χ2v) is 8.28. The molecule has 0 saturated heterocycles. The highest BCUT2D eigenvalue weighted by molar-refractivity contribution is 5.97. The summed E-state index contributed by atoms with van der Waals surface area (Å²) in [6.07, 6.45) is 6.44. The van der Waals surface area contributed by atoms with Gasteiger partial charge in [0.05, 0.1) is 21.3 Å². The SMILES string of the molecule is CCCCCCCCCCCC(F)n1nnc(C(F)C(=O)Nc2c(OC)cc(OC)cc2OC)n1. The molecule has 2 atom stereocenters. The molecule has 0 radical (unpaired) electrons. The lowest BCUT2D eigenvalue weighted by Crippen LogP contribution is -2.20. The van der Waals surface area contributed by atoms with Crippen LogP contribution in [0.2, 0.25) is 0 Å². The molecule has 1 N–H and O–H groups in total. The number of anilines is 1. The van der Waals surface area contributed by atoms with Gasteiger partial charge in [0.1, 0.15) is 22.9 Å². The molecule has 1 heterocycles. The number of unbranched alkanes of at least 4 members (excludes halogenated alkanes) is 8. The number of hydrogen-bond donors (Lipinski definition) is 1. The van der Waals surface area contributed by atoms with E-state index >= 15 is 0 Å². The van der Waals surface area contributed by atoms with E-state index in [9.17, 15) is 13.6 Å². The second kappa shape index (κ2) is 15.1. The van der Waals surface area contributed by atoms with Gasteiger partial charge in [-0.05, 0) is 11.6 Å². The molecule has 0 spiro atoms. The van der Waals surface area contributed by atoms with E-state index in [-0.39, 0.29) is 23.6 Å². The molecule has 2 aromatic rings. The molecule has 0 aliphatic rings. The van der Waals surface area contributed by atoms with E-state index in [2.05, 4.69) is 27.7 Å². The summed E-state index contributed by atoms with van der Waals surface area (Å²) in [6.45, 7) is 2.19. The Morgan fingerprint density at radius 2 is 1.51 bits per heavy atom. The summed E-state index contributed by atoms with van der Waals surface area (Å²) in [5, 5.41) is 13.3. The molecule has 0 saturated carbocycles. The van der Waals surface area contributed by atoms with E-state index in [0.717, 1.165) is 19.3 Å². The van der Waals surface area contributed by atoms with Gasteiger partial charge in [-0.2, -0.15) is 0 Å². The third-order valence-electron chi connectivity index (χ3n) is 5.66. The van der Waals surface area contributed by atoms with Crippen molar-refractivity contribution in [3.8, 4) is 17.2 Å². The van der Waals surface area contributed by atoms with Crippen LogP contribution in [0.5, 0.6) is 17.2 Å². The topological polar surface area (TPSA) is 100 Å². The Hall–Kier alpha value is -2.98. The van der Waals surface area contributed by atoms with Crippen LogP contribution in [0, 0.1) is 0 Å². The van der Waals surface area contributed by atoms with Crippen LogP contribution in [0.15, 0.2) is 12.1 Å². The van der Waals surface area contributed by atoms with Crippen LogP contribution in [0.1, 0.15) is 89.4 Å². The lowest BCUT2D eigenvalue weighted by molar-refractivity contribution is -0.121. The number of carbonyl (C=O) groups excluding carboxylic acids is 1. The van der Waals surface area contributed by atoms with Crippen molar-refractivity contribution >= 4 is 11.6 Å². The maximum atomic E-state index is 14.8. The lowest BCUT2D eigenvalue weighted by atomic mass is 10.1. The van der Waals surface area contributed by atoms with Crippen molar-refractivity contribution in [1.29, 1.82) is 0 Å². The number of aromatic nitrogens is 4. The van der Waals surface area contributed by atoms with E-state index < -0.39 is 24.2 Å². The molecule has 11 heteroatoms. The summed E-state index contributed by atoms with van der Waals surface area (Å²) >= 11 is 0. The smallest absolute Gasteiger partial charge is 0.267 e. The van der Waals surface area contributed by atoms with Gasteiger partial charge in [-0.3, -0.25) is 4.79 Å². The number of benzene rings is 1. The van der Waals surface area contributed by atoms with Crippen molar-refractivity contribution in [2.75, 3.05) is 26.6 Å². The minimum Gasteiger partial charge on any atom is -0.496 e. The number of alkyl halides is 2. The summed E-state index contributed by atoms with van der Waals surface area (Å²) in [6, 6.07) is 3.03. The lowest BCUT2D eigenvalue weighted by Gasteiger charge is -2.16. The van der Waals surface area contributed by atoms with Gasteiger partial charge in [0, 0.05) is 18.6 Å². The number of methoxy groups -OCH3 is 3. The van der Waals surface area contributed by atoms with E-state index in [4.69, 9.17) is 14.2 Å². The molecule has 0 bridgehead atoms. The van der Waals surface area contributed by atoms with Crippen LogP contribution in [0.4, 0.5) is 14.5 Å². The fraction of sp³-hybridized carbons (Fsp3) is 0.667. The average Bonchev–Trinajstić information content (AvgIpc) is 3.37. The van der Waals surface area contributed by atoms with Gasteiger partial charge in [-0.1, -0.05) is 58.3 Å². The van der Waals surface area contributed by atoms with Crippen molar-refractivity contribution in [2.45, 2.75) is 83.6 Å². The Kier molecular flexibility index (Phi) is 12.2. The van der Waals surface area contributed by atoms with E-state index in [1.54, 1.807) is 0 Å². The summed E-state index contributed by atoms with van der Waals surface area (Å²) < 4.78 is 44.9. The van der Waals surface area contributed by atoms with Crippen LogP contribution in [0.25, 0.3) is 0 Å². The highest BCUT2D eigenvalue weighted by atomic mass is 19.1. The molecular formula is C24H37F2N5O4. The molecular weight excluding hydrogens is 460 g/mol. The van der Waals surface area contributed by atoms with Crippen LogP contribution < -0.4 is 19.5 Å². The van der Waals surface area contributed by atoms with Crippen LogP contribution in [-0.2, 0) is 4.79 Å². The zero-order valence-corrected chi connectivity index (χ0v) is 21.1. The number of ether oxygens (including phenoxy) is 3. The van der Waals surface area contributed by atoms with E-state index in [1.807, 2.05) is 0 Å². The van der Waals surface area contributed by atoms with Gasteiger partial charge in [0.15, 0.2) is 0 Å². The fourth-order valence-electron chi connectivity index (χ4n) is 3.63. The minimum absolute atomic E-state index is 0.115. The molecule has 1 amide bonds. The second-order valence-electron chi connectivity index (χ2n) is 8.28. The highest BCUT2D eigenvalue weighted by Crippen LogP contribution is 2.39. The Labute approximate surface area is 205 Å². The predicted molar refractivity (Wildman–Crippen MR) is 128 cm³/mol. The van der Waals surface area contributed by atoms with E-state index in [0.29, 0.717) is 17.0 Å². The molecule has 1 aromatic heterocycles. The minimum atomic E-state index is -2.26. The quantitative estimate of drug-likeness (QED) is 0.278.